The van der Waals surface area contributed by atoms with Gasteiger partial charge in [-0.2, -0.15) is 11.3 Å². The number of nitrogens with one attached hydrogen (secondary N) is 1. The molecule has 7 heteroatoms. The van der Waals surface area contributed by atoms with Gasteiger partial charge in [-0.15, -0.1) is 0 Å². The zero-order chi connectivity index (χ0) is 24.6. The third kappa shape index (κ3) is 4.68. The summed E-state index contributed by atoms with van der Waals surface area (Å²) >= 11 is 1.62. The summed E-state index contributed by atoms with van der Waals surface area (Å²) in [6, 6.07) is 18.7. The largest absolute Gasteiger partial charge is 0.492 e. The SMILES string of the molecule is CC1(C)OB(C(=Cc2ccsc2)CNC(=O)OCC2c3ccccc3-c3ccccc32)OC1(C)C. The van der Waals surface area contributed by atoms with Crippen LogP contribution in [-0.2, 0) is 14.0 Å². The average Bonchev–Trinajstić information content (AvgIpc) is 3.50. The second-order valence-electron chi connectivity index (χ2n) is 10.0. The Morgan fingerprint density at radius 2 is 1.60 bits per heavy atom. The quantitative estimate of drug-likeness (QED) is 0.415. The van der Waals surface area contributed by atoms with Crippen LogP contribution in [0.2, 0.25) is 0 Å². The summed E-state index contributed by atoms with van der Waals surface area (Å²) in [5.74, 6) is 0.0251. The number of thiophene rings is 1. The highest BCUT2D eigenvalue weighted by Gasteiger charge is 2.52. The number of hydrogen-bond acceptors (Lipinski definition) is 5. The molecule has 1 amide bonds. The zero-order valence-electron chi connectivity index (χ0n) is 20.5. The molecule has 1 aliphatic carbocycles. The fourth-order valence-electron chi connectivity index (χ4n) is 4.59. The lowest BCUT2D eigenvalue weighted by molar-refractivity contribution is 0.00578. The number of rotatable bonds is 6. The minimum atomic E-state index is -0.547. The van der Waals surface area contributed by atoms with Crippen molar-refractivity contribution < 1.29 is 18.8 Å². The Hall–Kier alpha value is -2.87. The van der Waals surface area contributed by atoms with Crippen LogP contribution >= 0.6 is 11.3 Å². The van der Waals surface area contributed by atoms with Crippen molar-refractivity contribution in [2.45, 2.75) is 44.8 Å². The second-order valence-corrected chi connectivity index (χ2v) is 10.8. The van der Waals surface area contributed by atoms with Gasteiger partial charge in [-0.3, -0.25) is 0 Å². The predicted octanol–water partition coefficient (Wildman–Crippen LogP) is 6.30. The lowest BCUT2D eigenvalue weighted by atomic mass is 9.77. The number of carbonyl (C=O) groups excluding carboxylic acids is 1. The summed E-state index contributed by atoms with van der Waals surface area (Å²) in [5.41, 5.74) is 5.76. The molecule has 2 aliphatic rings. The van der Waals surface area contributed by atoms with Gasteiger partial charge in [0.15, 0.2) is 0 Å². The molecule has 1 fully saturated rings. The topological polar surface area (TPSA) is 56.8 Å². The number of fused-ring (bicyclic) bond motifs is 3. The molecule has 5 nitrogen and oxygen atoms in total. The van der Waals surface area contributed by atoms with E-state index in [9.17, 15) is 4.79 Å². The number of alkyl carbamates (subject to hydrolysis) is 1. The number of ether oxygens (including phenoxy) is 1. The molecule has 0 unspecified atom stereocenters. The van der Waals surface area contributed by atoms with Gasteiger partial charge in [0.25, 0.3) is 0 Å². The molecule has 2 heterocycles. The molecule has 0 saturated carbocycles. The van der Waals surface area contributed by atoms with Crippen LogP contribution in [-0.4, -0.2) is 37.6 Å². The highest BCUT2D eigenvalue weighted by Crippen LogP contribution is 2.44. The van der Waals surface area contributed by atoms with Gasteiger partial charge in [0.2, 0.25) is 0 Å². The van der Waals surface area contributed by atoms with Crippen molar-refractivity contribution in [1.29, 1.82) is 0 Å². The maximum absolute atomic E-state index is 12.8. The van der Waals surface area contributed by atoms with Crippen LogP contribution in [0.5, 0.6) is 0 Å². The molecular weight excluding hydrogens is 457 g/mol. The Labute approximate surface area is 211 Å². The summed E-state index contributed by atoms with van der Waals surface area (Å²) in [7, 11) is -0.547. The van der Waals surface area contributed by atoms with Crippen LogP contribution in [0, 0.1) is 0 Å². The average molecular weight is 487 g/mol. The first-order chi connectivity index (χ1) is 16.7. The normalized spacial score (nSPS) is 18.3. The Morgan fingerprint density at radius 3 is 2.17 bits per heavy atom. The highest BCUT2D eigenvalue weighted by molar-refractivity contribution is 7.08. The van der Waals surface area contributed by atoms with Crippen LogP contribution in [0.4, 0.5) is 4.79 Å². The first kappa shape index (κ1) is 23.9. The van der Waals surface area contributed by atoms with Crippen molar-refractivity contribution in [3.05, 3.63) is 87.5 Å². The van der Waals surface area contributed by atoms with Gasteiger partial charge >= 0.3 is 13.2 Å². The lowest BCUT2D eigenvalue weighted by Gasteiger charge is -2.32. The summed E-state index contributed by atoms with van der Waals surface area (Å²) < 4.78 is 18.2. The first-order valence-electron chi connectivity index (χ1n) is 11.9. The molecule has 5 rings (SSSR count). The third-order valence-electron chi connectivity index (χ3n) is 7.23. The Balaban J connectivity index is 1.26. The predicted molar refractivity (Wildman–Crippen MR) is 141 cm³/mol. The Kier molecular flexibility index (Phi) is 6.34. The Morgan fingerprint density at radius 1 is 1.00 bits per heavy atom. The van der Waals surface area contributed by atoms with E-state index in [-0.39, 0.29) is 19.1 Å². The van der Waals surface area contributed by atoms with Gasteiger partial charge in [0.05, 0.1) is 11.2 Å². The van der Waals surface area contributed by atoms with Crippen LogP contribution in [0.1, 0.15) is 50.3 Å². The fraction of sp³-hybridized carbons (Fsp3) is 0.321. The standard InChI is InChI=1S/C28H30BNO4S/c1-27(2)28(3,4)34-29(33-27)20(15-19-13-14-35-18-19)16-30-26(31)32-17-25-23-11-7-5-9-21(23)22-10-6-8-12-24(22)25/h5-15,18,25H,16-17H2,1-4H3,(H,30,31). The molecule has 1 aliphatic heterocycles. The van der Waals surface area contributed by atoms with Crippen molar-refractivity contribution in [1.82, 2.24) is 5.32 Å². The molecule has 180 valence electrons. The molecule has 1 aromatic heterocycles. The van der Waals surface area contributed by atoms with Gasteiger partial charge in [0, 0.05) is 12.5 Å². The van der Waals surface area contributed by atoms with E-state index in [1.165, 1.54) is 22.3 Å². The van der Waals surface area contributed by atoms with Crippen LogP contribution in [0.15, 0.2) is 70.8 Å². The molecule has 35 heavy (non-hydrogen) atoms. The van der Waals surface area contributed by atoms with E-state index >= 15 is 0 Å². The fourth-order valence-corrected chi connectivity index (χ4v) is 5.21. The van der Waals surface area contributed by atoms with Crippen LogP contribution in [0.25, 0.3) is 17.2 Å². The molecular formula is C28H30BNO4S. The van der Waals surface area contributed by atoms with E-state index in [1.54, 1.807) is 11.3 Å². The van der Waals surface area contributed by atoms with Crippen LogP contribution in [0.3, 0.4) is 0 Å². The van der Waals surface area contributed by atoms with E-state index in [4.69, 9.17) is 14.0 Å². The Bertz CT molecular complexity index is 1190. The van der Waals surface area contributed by atoms with Crippen molar-refractivity contribution in [2.24, 2.45) is 0 Å². The molecule has 0 atom stereocenters. The minimum absolute atomic E-state index is 0.0251. The molecule has 0 bridgehead atoms. The number of amides is 1. The second kappa shape index (κ2) is 9.30. The number of benzene rings is 2. The van der Waals surface area contributed by atoms with E-state index in [2.05, 4.69) is 35.0 Å². The highest BCUT2D eigenvalue weighted by atomic mass is 32.1. The van der Waals surface area contributed by atoms with Crippen molar-refractivity contribution in [3.63, 3.8) is 0 Å². The van der Waals surface area contributed by atoms with E-state index in [0.29, 0.717) is 0 Å². The van der Waals surface area contributed by atoms with Crippen molar-refractivity contribution >= 4 is 30.6 Å². The van der Waals surface area contributed by atoms with E-state index in [0.717, 1.165) is 11.0 Å². The maximum atomic E-state index is 12.8. The molecule has 0 spiro atoms. The molecule has 1 N–H and O–H groups in total. The summed E-state index contributed by atoms with van der Waals surface area (Å²) in [4.78, 5) is 12.8. The summed E-state index contributed by atoms with van der Waals surface area (Å²) in [6.45, 7) is 8.63. The van der Waals surface area contributed by atoms with Gasteiger partial charge < -0.3 is 19.4 Å². The van der Waals surface area contributed by atoms with Gasteiger partial charge in [-0.05, 0) is 77.8 Å². The monoisotopic (exact) mass is 487 g/mol. The smallest absolute Gasteiger partial charge is 0.449 e. The summed E-state index contributed by atoms with van der Waals surface area (Å²) in [6.07, 6.45) is 1.56. The minimum Gasteiger partial charge on any atom is -0.449 e. The van der Waals surface area contributed by atoms with E-state index in [1.807, 2.05) is 69.5 Å². The zero-order valence-corrected chi connectivity index (χ0v) is 21.4. The van der Waals surface area contributed by atoms with Gasteiger partial charge in [-0.1, -0.05) is 54.6 Å². The van der Waals surface area contributed by atoms with Crippen molar-refractivity contribution in [2.75, 3.05) is 13.2 Å². The van der Waals surface area contributed by atoms with Crippen LogP contribution < -0.4 is 5.32 Å². The molecule has 1 saturated heterocycles. The maximum Gasteiger partial charge on any atom is 0.492 e. The summed E-state index contributed by atoms with van der Waals surface area (Å²) in [5, 5.41) is 6.99. The van der Waals surface area contributed by atoms with Crippen molar-refractivity contribution in [3.8, 4) is 11.1 Å². The van der Waals surface area contributed by atoms with Gasteiger partial charge in [0.1, 0.15) is 6.61 Å². The molecule has 3 aromatic rings. The third-order valence-corrected chi connectivity index (χ3v) is 7.93. The van der Waals surface area contributed by atoms with Gasteiger partial charge in [-0.25, -0.2) is 4.79 Å². The lowest BCUT2D eigenvalue weighted by Crippen LogP contribution is -2.41. The van der Waals surface area contributed by atoms with E-state index < -0.39 is 24.4 Å². The number of carbonyl (C=O) groups is 1. The molecule has 0 radical (unpaired) electrons. The molecule has 2 aromatic carbocycles. The number of hydrogen-bond donors (Lipinski definition) is 1. The first-order valence-corrected chi connectivity index (χ1v) is 12.9.